The van der Waals surface area contributed by atoms with Crippen molar-refractivity contribution in [3.05, 3.63) is 136 Å². The number of rotatable bonds is 1. The topological polar surface area (TPSA) is 20.5 Å². The Morgan fingerprint density at radius 2 is 1.68 bits per heavy atom. The molecule has 0 spiro atoms. The van der Waals surface area contributed by atoms with Gasteiger partial charge in [0.25, 0.3) is 6.71 Å². The number of imidazole rings is 1. The van der Waals surface area contributed by atoms with Crippen molar-refractivity contribution in [3.8, 4) is 11.1 Å². The van der Waals surface area contributed by atoms with Gasteiger partial charge in [-0.05, 0) is 104 Å². The third-order valence-electron chi connectivity index (χ3n) is 13.6. The van der Waals surface area contributed by atoms with Crippen molar-refractivity contribution in [3.63, 3.8) is 0 Å². The minimum Gasteiger partial charge on any atom is -0.338 e. The van der Waals surface area contributed by atoms with Crippen LogP contribution in [0.5, 0.6) is 0 Å². The van der Waals surface area contributed by atoms with Crippen LogP contribution in [0.1, 0.15) is 76.0 Å². The highest BCUT2D eigenvalue weighted by molar-refractivity contribution is 7.03. The maximum Gasteiger partial charge on any atom is 0.252 e. The summed E-state index contributed by atoms with van der Waals surface area (Å²) < 4.78 is 35.1. The second kappa shape index (κ2) is 11.4. The molecular formula is C50H46BF2N3. The van der Waals surface area contributed by atoms with Crippen molar-refractivity contribution < 1.29 is 8.78 Å². The molecule has 0 radical (unpaired) electrons. The lowest BCUT2D eigenvalue weighted by Crippen LogP contribution is -2.56. The molecule has 4 aromatic carbocycles. The van der Waals surface area contributed by atoms with Crippen LogP contribution in [0.4, 0.5) is 20.2 Å². The summed E-state index contributed by atoms with van der Waals surface area (Å²) in [5, 5.41) is 2.91. The van der Waals surface area contributed by atoms with Crippen LogP contribution in [0, 0.1) is 35.8 Å². The lowest BCUT2D eigenvalue weighted by Gasteiger charge is -2.44. The number of halogens is 2. The highest BCUT2D eigenvalue weighted by Gasteiger charge is 2.48. The minimum absolute atomic E-state index is 0.0225. The molecule has 0 saturated carbocycles. The van der Waals surface area contributed by atoms with Crippen molar-refractivity contribution in [1.82, 2.24) is 9.38 Å². The van der Waals surface area contributed by atoms with E-state index in [1.54, 1.807) is 0 Å². The number of allylic oxidation sites excluding steroid dienone is 6. The predicted molar refractivity (Wildman–Crippen MR) is 230 cm³/mol. The molecule has 2 aromatic heterocycles. The summed E-state index contributed by atoms with van der Waals surface area (Å²) in [6.07, 6.45) is 16.6. The summed E-state index contributed by atoms with van der Waals surface area (Å²) in [7, 11) is 0. The fourth-order valence-corrected chi connectivity index (χ4v) is 10.9. The molecule has 56 heavy (non-hydrogen) atoms. The molecule has 2 unspecified atom stereocenters. The van der Waals surface area contributed by atoms with E-state index in [2.05, 4.69) is 131 Å². The van der Waals surface area contributed by atoms with Gasteiger partial charge in [0.05, 0.1) is 22.5 Å². The first-order chi connectivity index (χ1) is 26.8. The highest BCUT2D eigenvalue weighted by Crippen LogP contribution is 2.51. The quantitative estimate of drug-likeness (QED) is 0.0952. The van der Waals surface area contributed by atoms with E-state index in [-0.39, 0.29) is 29.0 Å². The van der Waals surface area contributed by atoms with Crippen LogP contribution >= 0.6 is 0 Å². The fraction of sp³-hybridized carbons (Fsp3) is 0.300. The van der Waals surface area contributed by atoms with Gasteiger partial charge in [-0.15, -0.1) is 0 Å². The number of anilines is 2. The molecule has 0 amide bonds. The van der Waals surface area contributed by atoms with Gasteiger partial charge in [0.2, 0.25) is 0 Å². The molecule has 0 N–H and O–H groups in total. The van der Waals surface area contributed by atoms with Gasteiger partial charge in [-0.1, -0.05) is 114 Å². The van der Waals surface area contributed by atoms with Gasteiger partial charge in [-0.25, -0.2) is 13.8 Å². The van der Waals surface area contributed by atoms with Crippen molar-refractivity contribution in [1.29, 1.82) is 0 Å². The monoisotopic (exact) mass is 737 g/mol. The first-order valence-corrected chi connectivity index (χ1v) is 20.4. The number of benzene rings is 4. The van der Waals surface area contributed by atoms with Gasteiger partial charge in [-0.2, -0.15) is 0 Å². The van der Waals surface area contributed by atoms with Gasteiger partial charge < -0.3 is 4.90 Å². The summed E-state index contributed by atoms with van der Waals surface area (Å²) in [5.41, 5.74) is 16.1. The summed E-state index contributed by atoms with van der Waals surface area (Å²) in [6, 6.07) is 17.7. The van der Waals surface area contributed by atoms with Crippen LogP contribution in [-0.2, 0) is 18.3 Å². The first kappa shape index (κ1) is 34.1. The molecule has 0 saturated heterocycles. The number of nitrogens with zero attached hydrogens (tertiary/aromatic N) is 3. The van der Waals surface area contributed by atoms with E-state index in [9.17, 15) is 0 Å². The summed E-state index contributed by atoms with van der Waals surface area (Å²) >= 11 is 0. The molecule has 278 valence electrons. The van der Waals surface area contributed by atoms with Crippen LogP contribution < -0.4 is 15.8 Å². The van der Waals surface area contributed by atoms with E-state index in [1.165, 1.54) is 57.0 Å². The standard InChI is InChI=1S/C50H46BF2N3/c1-27-13-10-17-33-40(27)48-54-38-24-28-14-8-9-16-32(28)43-46(38)56(48)47-41(33)34(42-36(52)18-11-19-37(42)53)26-39-44(47)51(43)35-25-31(50(5,6)7)23-29-20-21-30(49(2,3)4)15-12-22-55(39)45(29)35/h8-19,23,25-26,28,30H,20-22,24H2,1-7H3/b15-12-. The Bertz CT molecular complexity index is 2870. The lowest BCUT2D eigenvalue weighted by atomic mass is 9.31. The minimum atomic E-state index is -0.553. The van der Waals surface area contributed by atoms with E-state index >= 15 is 8.78 Å². The summed E-state index contributed by atoms with van der Waals surface area (Å²) in [6.45, 7) is 16.7. The molecule has 3 nitrogen and oxygen atoms in total. The molecule has 2 atom stereocenters. The van der Waals surface area contributed by atoms with Gasteiger partial charge in [-0.3, -0.25) is 4.40 Å². The van der Waals surface area contributed by atoms with E-state index in [0.29, 0.717) is 18.0 Å². The highest BCUT2D eigenvalue weighted by atomic mass is 19.1. The largest absolute Gasteiger partial charge is 0.338 e. The van der Waals surface area contributed by atoms with Crippen LogP contribution in [0.3, 0.4) is 0 Å². The van der Waals surface area contributed by atoms with Crippen LogP contribution in [0.2, 0.25) is 0 Å². The number of hydrogen-bond acceptors (Lipinski definition) is 2. The molecule has 3 aliphatic heterocycles. The Labute approximate surface area is 328 Å². The van der Waals surface area contributed by atoms with E-state index in [0.717, 1.165) is 69.2 Å². The number of aryl methyl sites for hydroxylation is 2. The second-order valence-electron chi connectivity index (χ2n) is 19.0. The summed E-state index contributed by atoms with van der Waals surface area (Å²) in [4.78, 5) is 8.07. The van der Waals surface area contributed by atoms with E-state index < -0.39 is 11.6 Å². The SMILES string of the molecule is Cc1cccc2c1c1nc3c4n1c1c5c(cc(-c6c(F)cccc6F)c21)N1C/C=C\C(C(C)(C)C)CCc2cc(C(C)(C)C)cc(c21)B5C4=C1C=CC=CC1C3. The normalized spacial score (nSPS) is 20.2. The van der Waals surface area contributed by atoms with Crippen molar-refractivity contribution in [2.75, 3.05) is 11.4 Å². The van der Waals surface area contributed by atoms with Crippen LogP contribution in [0.25, 0.3) is 43.9 Å². The smallest absolute Gasteiger partial charge is 0.252 e. The lowest BCUT2D eigenvalue weighted by molar-refractivity contribution is 0.278. The third-order valence-corrected chi connectivity index (χ3v) is 13.6. The third kappa shape index (κ3) is 4.53. The molecule has 6 aromatic rings. The van der Waals surface area contributed by atoms with Gasteiger partial charge in [0, 0.05) is 41.0 Å². The molecule has 0 bridgehead atoms. The maximum absolute atomic E-state index is 16.4. The number of fused-ring (bicyclic) bond motifs is 7. The average molecular weight is 738 g/mol. The van der Waals surface area contributed by atoms with E-state index in [1.807, 2.05) is 0 Å². The Morgan fingerprint density at radius 1 is 0.893 bits per heavy atom. The Hall–Kier alpha value is -5.23. The van der Waals surface area contributed by atoms with Gasteiger partial charge in [0.1, 0.15) is 17.3 Å². The van der Waals surface area contributed by atoms with E-state index in [4.69, 9.17) is 4.98 Å². The predicted octanol–water partition coefficient (Wildman–Crippen LogP) is 11.0. The molecular weight excluding hydrogens is 691 g/mol. The molecule has 5 heterocycles. The first-order valence-electron chi connectivity index (χ1n) is 20.4. The fourth-order valence-electron chi connectivity index (χ4n) is 10.9. The van der Waals surface area contributed by atoms with Crippen LogP contribution in [0.15, 0.2) is 96.6 Å². The Kier molecular flexibility index (Phi) is 6.95. The number of pyridine rings is 1. The number of hydrogen-bond donors (Lipinski definition) is 0. The van der Waals surface area contributed by atoms with Gasteiger partial charge >= 0.3 is 0 Å². The molecule has 5 aliphatic rings. The zero-order chi connectivity index (χ0) is 38.6. The van der Waals surface area contributed by atoms with Crippen molar-refractivity contribution in [2.45, 2.75) is 73.1 Å². The molecule has 11 rings (SSSR count). The Balaban J connectivity index is 1.39. The average Bonchev–Trinajstić information content (AvgIpc) is 3.56. The number of aromatic nitrogens is 2. The molecule has 0 fully saturated rings. The van der Waals surface area contributed by atoms with Crippen molar-refractivity contribution in [2.24, 2.45) is 17.3 Å². The molecule has 6 heteroatoms. The molecule has 2 aliphatic carbocycles. The summed E-state index contributed by atoms with van der Waals surface area (Å²) in [5.74, 6) is -0.490. The second-order valence-corrected chi connectivity index (χ2v) is 19.0. The Morgan fingerprint density at radius 3 is 2.45 bits per heavy atom. The maximum atomic E-state index is 16.4. The zero-order valence-corrected chi connectivity index (χ0v) is 33.3. The van der Waals surface area contributed by atoms with Crippen LogP contribution in [-0.4, -0.2) is 22.6 Å². The van der Waals surface area contributed by atoms with Gasteiger partial charge in [0.15, 0.2) is 0 Å². The zero-order valence-electron chi connectivity index (χ0n) is 33.3. The van der Waals surface area contributed by atoms with Crippen molar-refractivity contribution >= 4 is 61.8 Å².